The van der Waals surface area contributed by atoms with Crippen LogP contribution in [0.15, 0.2) is 50.6 Å². The number of aromatic hydroxyl groups is 1. The fourth-order valence-corrected chi connectivity index (χ4v) is 4.97. The fourth-order valence-electron chi connectivity index (χ4n) is 3.50. The normalized spacial score (nSPS) is 15.6. The summed E-state index contributed by atoms with van der Waals surface area (Å²) in [4.78, 5) is 17.3. The molecule has 174 valence electrons. The van der Waals surface area contributed by atoms with Crippen LogP contribution in [0.25, 0.3) is 11.0 Å². The van der Waals surface area contributed by atoms with Crippen molar-refractivity contribution in [3.63, 3.8) is 0 Å². The van der Waals surface area contributed by atoms with Crippen molar-refractivity contribution < 1.29 is 22.3 Å². The summed E-state index contributed by atoms with van der Waals surface area (Å²) < 4.78 is 54.7. The summed E-state index contributed by atoms with van der Waals surface area (Å²) in [6.07, 6.45) is 2.16. The Hall–Kier alpha value is -3.29. The minimum absolute atomic E-state index is 0.0294. The number of anilines is 2. The Morgan fingerprint density at radius 1 is 1.30 bits per heavy atom. The first-order chi connectivity index (χ1) is 15.6. The van der Waals surface area contributed by atoms with Crippen molar-refractivity contribution in [1.82, 2.24) is 9.55 Å². The number of nitrogens with one attached hydrogen (secondary N) is 2. The Kier molecular flexibility index (Phi) is 5.95. The van der Waals surface area contributed by atoms with Crippen LogP contribution in [0.1, 0.15) is 25.8 Å². The van der Waals surface area contributed by atoms with E-state index < -0.39 is 32.6 Å². The van der Waals surface area contributed by atoms with Gasteiger partial charge in [0.25, 0.3) is 15.6 Å². The van der Waals surface area contributed by atoms with Gasteiger partial charge in [0.2, 0.25) is 0 Å². The first-order valence-corrected chi connectivity index (χ1v) is 12.4. The van der Waals surface area contributed by atoms with Gasteiger partial charge in [-0.2, -0.15) is 8.42 Å². The summed E-state index contributed by atoms with van der Waals surface area (Å²) in [6.45, 7) is 4.32. The van der Waals surface area contributed by atoms with Crippen LogP contribution in [0.3, 0.4) is 0 Å². The number of amidine groups is 1. The molecule has 1 atom stereocenters. The largest absolute Gasteiger partial charge is 0.755 e. The molecule has 11 nitrogen and oxygen atoms in total. The monoisotopic (exact) mass is 490 g/mol. The first kappa shape index (κ1) is 22.9. The molecule has 0 radical (unpaired) electrons. The molecule has 0 saturated carbocycles. The number of rotatable bonds is 6. The summed E-state index contributed by atoms with van der Waals surface area (Å²) in [5.41, 5.74) is -0.533. The first-order valence-electron chi connectivity index (χ1n) is 9.91. The highest BCUT2D eigenvalue weighted by atomic mass is 32.2. The lowest BCUT2D eigenvalue weighted by Crippen LogP contribution is -2.33. The fraction of sp³-hybridized carbons (Fsp3) is 0.250. The van der Waals surface area contributed by atoms with E-state index in [4.69, 9.17) is 0 Å². The third kappa shape index (κ3) is 4.34. The van der Waals surface area contributed by atoms with Crippen molar-refractivity contribution in [1.29, 1.82) is 0 Å². The lowest BCUT2D eigenvalue weighted by atomic mass is 10.1. The van der Waals surface area contributed by atoms with E-state index in [1.165, 1.54) is 22.9 Å². The molecule has 1 unspecified atom stereocenters. The van der Waals surface area contributed by atoms with Gasteiger partial charge in [-0.25, -0.2) is 4.98 Å². The van der Waals surface area contributed by atoms with E-state index in [9.17, 15) is 27.1 Å². The predicted octanol–water partition coefficient (Wildman–Crippen LogP) is 1.92. The molecule has 2 aromatic heterocycles. The zero-order chi connectivity index (χ0) is 23.9. The van der Waals surface area contributed by atoms with Crippen LogP contribution >= 0.6 is 0 Å². The van der Waals surface area contributed by atoms with E-state index in [0.717, 1.165) is 6.07 Å². The van der Waals surface area contributed by atoms with E-state index >= 15 is 0 Å². The predicted molar refractivity (Wildman–Crippen MR) is 123 cm³/mol. The van der Waals surface area contributed by atoms with Gasteiger partial charge in [-0.15, -0.1) is 4.40 Å². The van der Waals surface area contributed by atoms with Crippen molar-refractivity contribution in [2.24, 2.45) is 10.3 Å². The molecule has 3 heterocycles. The third-order valence-electron chi connectivity index (χ3n) is 5.09. The van der Waals surface area contributed by atoms with Gasteiger partial charge in [0.05, 0.1) is 11.1 Å². The van der Waals surface area contributed by atoms with Crippen LogP contribution in [0, 0.1) is 5.92 Å². The van der Waals surface area contributed by atoms with Crippen LogP contribution in [-0.2, 0) is 27.8 Å². The summed E-state index contributed by atoms with van der Waals surface area (Å²) in [5, 5.41) is 14.0. The number of pyridine rings is 2. The van der Waals surface area contributed by atoms with E-state index in [0.29, 0.717) is 13.0 Å². The number of fused-ring (bicyclic) bond motifs is 2. The molecule has 13 heteroatoms. The second-order valence-electron chi connectivity index (χ2n) is 7.83. The highest BCUT2D eigenvalue weighted by Crippen LogP contribution is 2.33. The smallest absolute Gasteiger partial charge is 0.286 e. The molecule has 1 aliphatic heterocycles. The van der Waals surface area contributed by atoms with Crippen LogP contribution in [-0.4, -0.2) is 37.7 Å². The maximum absolute atomic E-state index is 13.4. The number of hydrogen-bond donors (Lipinski definition) is 3. The van der Waals surface area contributed by atoms with Gasteiger partial charge in [-0.3, -0.25) is 13.6 Å². The molecule has 0 saturated heterocycles. The number of aryl methyl sites for hydroxylation is 1. The molecule has 4 rings (SSSR count). The number of hydrogen-bond acceptors (Lipinski definition) is 8. The average molecular weight is 491 g/mol. The van der Waals surface area contributed by atoms with Crippen molar-refractivity contribution in [3.05, 3.63) is 52.4 Å². The van der Waals surface area contributed by atoms with E-state index in [1.54, 1.807) is 12.1 Å². The highest BCUT2D eigenvalue weighted by molar-refractivity contribution is 7.90. The van der Waals surface area contributed by atoms with Gasteiger partial charge in [0.15, 0.2) is 5.84 Å². The minimum Gasteiger partial charge on any atom is -0.755 e. The molecule has 0 spiro atoms. The molecule has 0 fully saturated rings. The quantitative estimate of drug-likeness (QED) is 0.441. The van der Waals surface area contributed by atoms with Crippen molar-refractivity contribution in [2.75, 3.05) is 10.0 Å². The second kappa shape index (κ2) is 8.57. The Morgan fingerprint density at radius 2 is 2.06 bits per heavy atom. The summed E-state index contributed by atoms with van der Waals surface area (Å²) >= 11 is -2.64. The Morgan fingerprint density at radius 3 is 2.76 bits per heavy atom. The van der Waals surface area contributed by atoms with Crippen molar-refractivity contribution in [2.45, 2.75) is 31.7 Å². The van der Waals surface area contributed by atoms with E-state index in [-0.39, 0.29) is 44.6 Å². The van der Waals surface area contributed by atoms with E-state index in [1.807, 2.05) is 13.8 Å². The molecule has 1 aliphatic rings. The topological polar surface area (TPSA) is 166 Å². The Balaban J connectivity index is 1.90. The molecule has 3 aromatic rings. The summed E-state index contributed by atoms with van der Waals surface area (Å²) in [5.74, 6) is -0.479. The van der Waals surface area contributed by atoms with E-state index in [2.05, 4.69) is 19.4 Å². The minimum atomic E-state index is -4.31. The molecule has 0 bridgehead atoms. The lowest BCUT2D eigenvalue weighted by molar-refractivity contribution is 0.473. The summed E-state index contributed by atoms with van der Waals surface area (Å²) in [6, 6.07) is 6.98. The maximum atomic E-state index is 13.4. The molecular weight excluding hydrogens is 470 g/mol. The summed E-state index contributed by atoms with van der Waals surface area (Å²) in [7, 11) is -4.31. The van der Waals surface area contributed by atoms with Crippen LogP contribution in [0.4, 0.5) is 11.4 Å². The SMILES string of the molecule is CC(C)CCn1c(=O)c(C2=NS(=O)(=O)c3cc(NS(=O)[O-])ccc3N2)c(O)c2cccnc21. The number of aromatic nitrogens is 2. The number of benzene rings is 1. The highest BCUT2D eigenvalue weighted by Gasteiger charge is 2.30. The van der Waals surface area contributed by atoms with Crippen molar-refractivity contribution in [3.8, 4) is 5.75 Å². The Labute approximate surface area is 191 Å². The average Bonchev–Trinajstić information content (AvgIpc) is 2.73. The molecule has 0 aliphatic carbocycles. The van der Waals surface area contributed by atoms with Crippen LogP contribution < -0.4 is 15.6 Å². The number of sulfonamides is 1. The molecule has 33 heavy (non-hydrogen) atoms. The second-order valence-corrected chi connectivity index (χ2v) is 10.1. The number of nitrogens with zero attached hydrogens (tertiary/aromatic N) is 3. The maximum Gasteiger partial charge on any atom is 0.286 e. The van der Waals surface area contributed by atoms with Crippen LogP contribution in [0.5, 0.6) is 5.75 Å². The molecule has 0 amide bonds. The van der Waals surface area contributed by atoms with Gasteiger partial charge in [0, 0.05) is 29.7 Å². The van der Waals surface area contributed by atoms with Crippen molar-refractivity contribution >= 4 is 49.5 Å². The van der Waals surface area contributed by atoms with Gasteiger partial charge < -0.3 is 19.7 Å². The third-order valence-corrected chi connectivity index (χ3v) is 6.80. The van der Waals surface area contributed by atoms with Gasteiger partial charge in [0.1, 0.15) is 21.9 Å². The van der Waals surface area contributed by atoms with Gasteiger partial charge >= 0.3 is 0 Å². The van der Waals surface area contributed by atoms with Crippen LogP contribution in [0.2, 0.25) is 0 Å². The molecule has 1 aromatic carbocycles. The zero-order valence-electron chi connectivity index (χ0n) is 17.6. The zero-order valence-corrected chi connectivity index (χ0v) is 19.2. The molecular formula is C20H20N5O6S2-. The lowest BCUT2D eigenvalue weighted by Gasteiger charge is -2.21. The Bertz CT molecular complexity index is 1480. The molecule has 3 N–H and O–H groups in total. The standard InChI is InChI=1S/C20H21N5O6S2/c1-11(2)7-9-25-19-13(4-3-8-21-19)17(26)16(20(25)27)18-22-14-6-5-12(23-32(28)29)10-15(14)33(30,31)24-18/h3-6,8,10-11,23,26H,7,9H2,1-2H3,(H,22,24)(H,28,29)/p-1. The van der Waals surface area contributed by atoms with Gasteiger partial charge in [-0.1, -0.05) is 13.8 Å². The van der Waals surface area contributed by atoms with Gasteiger partial charge in [-0.05, 0) is 42.7 Å².